The van der Waals surface area contributed by atoms with Gasteiger partial charge in [-0.15, -0.1) is 0 Å². The van der Waals surface area contributed by atoms with E-state index in [4.69, 9.17) is 4.74 Å². The molecule has 1 saturated heterocycles. The normalized spacial score (nSPS) is 13.2. The van der Waals surface area contributed by atoms with Gasteiger partial charge in [0.05, 0.1) is 24.0 Å². The Bertz CT molecular complexity index is 1270. The van der Waals surface area contributed by atoms with E-state index >= 15 is 0 Å². The van der Waals surface area contributed by atoms with E-state index < -0.39 is 11.8 Å². The van der Waals surface area contributed by atoms with E-state index in [2.05, 4.69) is 26.5 Å². The number of piperazine rings is 1. The summed E-state index contributed by atoms with van der Waals surface area (Å²) in [6.07, 6.45) is 0. The number of rotatable bonds is 8. The Hall–Kier alpha value is -4.27. The van der Waals surface area contributed by atoms with Crippen LogP contribution in [0.3, 0.4) is 0 Å². The molecule has 3 aromatic carbocycles. The molecule has 1 aliphatic heterocycles. The highest BCUT2D eigenvalue weighted by molar-refractivity contribution is 6.04. The summed E-state index contributed by atoms with van der Waals surface area (Å²) in [5.74, 6) is 0.209. The van der Waals surface area contributed by atoms with Gasteiger partial charge in [0.1, 0.15) is 11.6 Å². The van der Waals surface area contributed by atoms with E-state index in [-0.39, 0.29) is 11.6 Å². The van der Waals surface area contributed by atoms with Crippen LogP contribution in [0.5, 0.6) is 5.75 Å². The van der Waals surface area contributed by atoms with Crippen LogP contribution in [-0.4, -0.2) is 63.2 Å². The number of ether oxygens (including phenoxy) is 1. The lowest BCUT2D eigenvalue weighted by Gasteiger charge is -2.38. The first-order chi connectivity index (χ1) is 18.4. The molecule has 0 aliphatic carbocycles. The van der Waals surface area contributed by atoms with Crippen molar-refractivity contribution in [3.8, 4) is 5.75 Å². The number of halogens is 1. The van der Waals surface area contributed by atoms with Gasteiger partial charge < -0.3 is 30.1 Å². The monoisotopic (exact) mass is 519 g/mol. The van der Waals surface area contributed by atoms with Crippen molar-refractivity contribution >= 4 is 34.7 Å². The van der Waals surface area contributed by atoms with Crippen molar-refractivity contribution in [1.29, 1.82) is 0 Å². The van der Waals surface area contributed by atoms with E-state index in [0.717, 1.165) is 43.3 Å². The van der Waals surface area contributed by atoms with Crippen molar-refractivity contribution in [2.75, 3.05) is 66.8 Å². The molecule has 1 aliphatic rings. The molecule has 38 heavy (non-hydrogen) atoms. The van der Waals surface area contributed by atoms with Gasteiger partial charge in [0.15, 0.2) is 0 Å². The van der Waals surface area contributed by atoms with E-state index in [9.17, 15) is 14.0 Å². The number of nitrogens with zero attached hydrogens (tertiary/aromatic N) is 3. The molecule has 0 aromatic heterocycles. The molecule has 0 saturated carbocycles. The molecular weight excluding hydrogens is 485 g/mol. The summed E-state index contributed by atoms with van der Waals surface area (Å²) in [6.45, 7) is 8.00. The SMILES string of the molecule is CCN(CC)C(=O)c1cc(NC(=O)Nc2ccccc2F)ccc1N1CCN(c2ccccc2OC)CC1. The molecule has 3 amide bonds. The second-order valence-corrected chi connectivity index (χ2v) is 8.91. The fourth-order valence-corrected chi connectivity index (χ4v) is 4.67. The minimum atomic E-state index is -0.588. The smallest absolute Gasteiger partial charge is 0.323 e. The third kappa shape index (κ3) is 5.99. The minimum Gasteiger partial charge on any atom is -0.495 e. The fraction of sp³-hybridized carbons (Fsp3) is 0.310. The van der Waals surface area contributed by atoms with Crippen LogP contribution in [0.15, 0.2) is 66.7 Å². The van der Waals surface area contributed by atoms with Crippen molar-refractivity contribution < 1.29 is 18.7 Å². The van der Waals surface area contributed by atoms with Crippen LogP contribution in [0, 0.1) is 5.82 Å². The lowest BCUT2D eigenvalue weighted by Crippen LogP contribution is -2.47. The average Bonchev–Trinajstić information content (AvgIpc) is 2.95. The van der Waals surface area contributed by atoms with Crippen LogP contribution in [-0.2, 0) is 0 Å². The molecule has 4 rings (SSSR count). The highest BCUT2D eigenvalue weighted by Gasteiger charge is 2.25. The highest BCUT2D eigenvalue weighted by atomic mass is 19.1. The van der Waals surface area contributed by atoms with E-state index in [1.54, 1.807) is 36.3 Å². The summed E-state index contributed by atoms with van der Waals surface area (Å²) in [6, 6.07) is 18.7. The molecule has 0 spiro atoms. The number of para-hydroxylation sites is 3. The van der Waals surface area contributed by atoms with Crippen LogP contribution in [0.25, 0.3) is 0 Å². The molecule has 8 nitrogen and oxygen atoms in total. The van der Waals surface area contributed by atoms with Crippen LogP contribution >= 0.6 is 0 Å². The first kappa shape index (κ1) is 26.8. The topological polar surface area (TPSA) is 77.2 Å². The number of carbonyl (C=O) groups excluding carboxylic acids is 2. The maximum absolute atomic E-state index is 14.0. The maximum atomic E-state index is 14.0. The summed E-state index contributed by atoms with van der Waals surface area (Å²) in [4.78, 5) is 32.3. The number of carbonyl (C=O) groups is 2. The Balaban J connectivity index is 1.54. The van der Waals surface area contributed by atoms with Crippen LogP contribution < -0.4 is 25.2 Å². The van der Waals surface area contributed by atoms with Crippen molar-refractivity contribution in [3.05, 3.63) is 78.1 Å². The van der Waals surface area contributed by atoms with Gasteiger partial charge in [0.25, 0.3) is 5.91 Å². The van der Waals surface area contributed by atoms with Gasteiger partial charge in [-0.3, -0.25) is 4.79 Å². The molecule has 3 aromatic rings. The van der Waals surface area contributed by atoms with Crippen molar-refractivity contribution in [1.82, 2.24) is 4.90 Å². The Morgan fingerprint density at radius 3 is 2.16 bits per heavy atom. The first-order valence-corrected chi connectivity index (χ1v) is 12.8. The Labute approximate surface area is 223 Å². The highest BCUT2D eigenvalue weighted by Crippen LogP contribution is 2.31. The van der Waals surface area contributed by atoms with Crippen LogP contribution in [0.4, 0.5) is 31.9 Å². The molecule has 0 atom stereocenters. The lowest BCUT2D eigenvalue weighted by molar-refractivity contribution is 0.0773. The minimum absolute atomic E-state index is 0.0778. The van der Waals surface area contributed by atoms with Gasteiger partial charge in [-0.05, 0) is 56.3 Å². The molecule has 0 unspecified atom stereocenters. The second-order valence-electron chi connectivity index (χ2n) is 8.91. The maximum Gasteiger partial charge on any atom is 0.323 e. The molecular formula is C29H34FN5O3. The van der Waals surface area contributed by atoms with E-state index in [1.165, 1.54) is 12.1 Å². The summed E-state index contributed by atoms with van der Waals surface area (Å²) in [5.41, 5.74) is 2.92. The lowest BCUT2D eigenvalue weighted by atomic mass is 10.1. The molecule has 0 bridgehead atoms. The average molecular weight is 520 g/mol. The van der Waals surface area contributed by atoms with Gasteiger partial charge in [0, 0.05) is 50.6 Å². The zero-order chi connectivity index (χ0) is 27.1. The van der Waals surface area contributed by atoms with Gasteiger partial charge in [-0.25, -0.2) is 9.18 Å². The van der Waals surface area contributed by atoms with Crippen molar-refractivity contribution in [3.63, 3.8) is 0 Å². The summed E-state index contributed by atoms with van der Waals surface area (Å²) in [7, 11) is 1.67. The number of anilines is 4. The second kappa shape index (κ2) is 12.3. The largest absolute Gasteiger partial charge is 0.495 e. The van der Waals surface area contributed by atoms with Gasteiger partial charge in [-0.1, -0.05) is 24.3 Å². The summed E-state index contributed by atoms with van der Waals surface area (Å²) < 4.78 is 19.5. The molecule has 1 fully saturated rings. The summed E-state index contributed by atoms with van der Waals surface area (Å²) in [5, 5.41) is 5.24. The Morgan fingerprint density at radius 1 is 0.868 bits per heavy atom. The number of nitrogens with one attached hydrogen (secondary N) is 2. The van der Waals surface area contributed by atoms with Crippen molar-refractivity contribution in [2.45, 2.75) is 13.8 Å². The number of urea groups is 1. The quantitative estimate of drug-likeness (QED) is 0.423. The zero-order valence-corrected chi connectivity index (χ0v) is 22.0. The molecule has 200 valence electrons. The molecule has 2 N–H and O–H groups in total. The van der Waals surface area contributed by atoms with Crippen LogP contribution in [0.1, 0.15) is 24.2 Å². The summed E-state index contributed by atoms with van der Waals surface area (Å²) >= 11 is 0. The van der Waals surface area contributed by atoms with Crippen molar-refractivity contribution in [2.24, 2.45) is 0 Å². The number of hydrogen-bond donors (Lipinski definition) is 2. The standard InChI is InChI=1S/C29H34FN5O3/c1-4-33(5-2)28(36)22-20-21(31-29(37)32-24-11-7-6-10-23(24)30)14-15-25(22)34-16-18-35(19-17-34)26-12-8-9-13-27(26)38-3/h6-15,20H,4-5,16-19H2,1-3H3,(H2,31,32,37). The predicted molar refractivity (Wildman–Crippen MR) is 150 cm³/mol. The molecule has 9 heteroatoms. The number of amides is 3. The van der Waals surface area contributed by atoms with E-state index in [1.807, 2.05) is 38.1 Å². The molecule has 1 heterocycles. The third-order valence-corrected chi connectivity index (χ3v) is 6.70. The Morgan fingerprint density at radius 2 is 1.50 bits per heavy atom. The fourth-order valence-electron chi connectivity index (χ4n) is 4.67. The Kier molecular flexibility index (Phi) is 8.68. The zero-order valence-electron chi connectivity index (χ0n) is 22.0. The van der Waals surface area contributed by atoms with Gasteiger partial charge in [-0.2, -0.15) is 0 Å². The van der Waals surface area contributed by atoms with E-state index in [0.29, 0.717) is 24.3 Å². The van der Waals surface area contributed by atoms with Gasteiger partial charge in [0.2, 0.25) is 0 Å². The first-order valence-electron chi connectivity index (χ1n) is 12.8. The third-order valence-electron chi connectivity index (χ3n) is 6.70. The molecule has 0 radical (unpaired) electrons. The van der Waals surface area contributed by atoms with Crippen LogP contribution in [0.2, 0.25) is 0 Å². The van der Waals surface area contributed by atoms with Gasteiger partial charge >= 0.3 is 6.03 Å². The number of hydrogen-bond acceptors (Lipinski definition) is 5. The number of methoxy groups -OCH3 is 1. The number of benzene rings is 3. The predicted octanol–water partition coefficient (Wildman–Crippen LogP) is 5.29.